The first kappa shape index (κ1) is 11.0. The topological polar surface area (TPSA) is 28.7 Å². The van der Waals surface area contributed by atoms with Crippen molar-refractivity contribution in [2.75, 3.05) is 0 Å². The van der Waals surface area contributed by atoms with Gasteiger partial charge in [0, 0.05) is 17.1 Å². The molecule has 0 radical (unpaired) electrons. The lowest BCUT2D eigenvalue weighted by Crippen LogP contribution is -1.85. The normalized spacial score (nSPS) is 11.3. The van der Waals surface area contributed by atoms with Crippen molar-refractivity contribution in [2.45, 2.75) is 19.8 Å². The number of aromatic nitrogens is 2. The maximum Gasteiger partial charge on any atom is 0.0864 e. The molecule has 90 valence electrons. The minimum absolute atomic E-state index is 0.558. The number of nitrogens with one attached hydrogen (secondary N) is 1. The number of hydrogen-bond acceptors (Lipinski definition) is 1. The Hall–Kier alpha value is -2.09. The van der Waals surface area contributed by atoms with Crippen LogP contribution in [0.15, 0.2) is 48.7 Å². The third kappa shape index (κ3) is 1.90. The number of pyridine rings is 1. The van der Waals surface area contributed by atoms with Crippen molar-refractivity contribution in [3.63, 3.8) is 0 Å². The number of hydrogen-bond donors (Lipinski definition) is 1. The van der Waals surface area contributed by atoms with Gasteiger partial charge in [-0.15, -0.1) is 0 Å². The molecule has 0 saturated heterocycles. The molecule has 0 fully saturated rings. The van der Waals surface area contributed by atoms with E-state index in [2.05, 4.69) is 48.1 Å². The zero-order valence-electron chi connectivity index (χ0n) is 10.6. The third-order valence-corrected chi connectivity index (χ3v) is 3.25. The number of benzene rings is 1. The van der Waals surface area contributed by atoms with Crippen LogP contribution < -0.4 is 0 Å². The van der Waals surface area contributed by atoms with Gasteiger partial charge >= 0.3 is 0 Å². The van der Waals surface area contributed by atoms with Gasteiger partial charge in [0.05, 0.1) is 11.4 Å². The molecule has 2 nitrogen and oxygen atoms in total. The number of fused-ring (bicyclic) bond motifs is 1. The van der Waals surface area contributed by atoms with E-state index in [4.69, 9.17) is 0 Å². The van der Waals surface area contributed by atoms with Crippen molar-refractivity contribution < 1.29 is 0 Å². The Bertz CT molecular complexity index is 666. The van der Waals surface area contributed by atoms with Crippen LogP contribution >= 0.6 is 0 Å². The van der Waals surface area contributed by atoms with Gasteiger partial charge in [0.25, 0.3) is 0 Å². The lowest BCUT2D eigenvalue weighted by Gasteiger charge is -2.03. The van der Waals surface area contributed by atoms with Crippen LogP contribution in [0.5, 0.6) is 0 Å². The van der Waals surface area contributed by atoms with Crippen LogP contribution in [0.4, 0.5) is 0 Å². The predicted octanol–water partition coefficient (Wildman–Crippen LogP) is 4.35. The number of nitrogens with zero attached hydrogens (tertiary/aromatic N) is 1. The summed E-state index contributed by atoms with van der Waals surface area (Å²) in [5.41, 5.74) is 4.60. The first-order valence-electron chi connectivity index (χ1n) is 6.28. The average Bonchev–Trinajstić information content (AvgIpc) is 2.82. The van der Waals surface area contributed by atoms with Crippen LogP contribution in [0, 0.1) is 0 Å². The van der Waals surface area contributed by atoms with Crippen LogP contribution in [0.25, 0.3) is 22.3 Å². The largest absolute Gasteiger partial charge is 0.353 e. The highest BCUT2D eigenvalue weighted by atomic mass is 14.8. The van der Waals surface area contributed by atoms with Crippen molar-refractivity contribution in [1.82, 2.24) is 9.97 Å². The van der Waals surface area contributed by atoms with Gasteiger partial charge in [-0.2, -0.15) is 0 Å². The second kappa shape index (κ2) is 4.30. The summed E-state index contributed by atoms with van der Waals surface area (Å²) in [4.78, 5) is 7.79. The smallest absolute Gasteiger partial charge is 0.0864 e. The van der Waals surface area contributed by atoms with Crippen LogP contribution in [-0.2, 0) is 0 Å². The molecule has 2 heteroatoms. The molecule has 2 heterocycles. The zero-order valence-corrected chi connectivity index (χ0v) is 10.6. The quantitative estimate of drug-likeness (QED) is 0.704. The van der Waals surface area contributed by atoms with Gasteiger partial charge in [0.1, 0.15) is 0 Å². The fraction of sp³-hybridized carbons (Fsp3) is 0.188. The van der Waals surface area contributed by atoms with E-state index in [9.17, 15) is 0 Å². The molecule has 0 amide bonds. The fourth-order valence-electron chi connectivity index (χ4n) is 2.17. The van der Waals surface area contributed by atoms with E-state index in [0.29, 0.717) is 5.92 Å². The summed E-state index contributed by atoms with van der Waals surface area (Å²) in [6, 6.07) is 14.7. The predicted molar refractivity (Wildman–Crippen MR) is 75.6 cm³/mol. The van der Waals surface area contributed by atoms with Gasteiger partial charge in [0.15, 0.2) is 0 Å². The molecule has 3 rings (SSSR count). The summed E-state index contributed by atoms with van der Waals surface area (Å²) < 4.78 is 0. The van der Waals surface area contributed by atoms with Gasteiger partial charge in [-0.05, 0) is 41.8 Å². The van der Waals surface area contributed by atoms with E-state index < -0.39 is 0 Å². The summed E-state index contributed by atoms with van der Waals surface area (Å²) in [5.74, 6) is 0.558. The Balaban J connectivity index is 2.11. The van der Waals surface area contributed by atoms with Crippen LogP contribution in [-0.4, -0.2) is 9.97 Å². The molecule has 1 aromatic carbocycles. The Morgan fingerprint density at radius 3 is 2.67 bits per heavy atom. The maximum absolute atomic E-state index is 4.37. The van der Waals surface area contributed by atoms with E-state index in [1.165, 1.54) is 16.5 Å². The van der Waals surface area contributed by atoms with E-state index in [1.54, 1.807) is 0 Å². The first-order chi connectivity index (χ1) is 8.74. The minimum Gasteiger partial charge on any atom is -0.353 e. The Labute approximate surface area is 107 Å². The van der Waals surface area contributed by atoms with Crippen LogP contribution in [0.2, 0.25) is 0 Å². The summed E-state index contributed by atoms with van der Waals surface area (Å²) in [7, 11) is 0. The molecule has 0 spiro atoms. The van der Waals surface area contributed by atoms with E-state index >= 15 is 0 Å². The van der Waals surface area contributed by atoms with Crippen molar-refractivity contribution in [2.24, 2.45) is 0 Å². The standard InChI is InChI=1S/C16H16N2/c1-11(2)12-6-7-14-13(9-12)10-16(18-14)15-5-3-4-8-17-15/h3-11,18H,1-2H3. The van der Waals surface area contributed by atoms with Gasteiger partial charge < -0.3 is 4.98 Å². The maximum atomic E-state index is 4.37. The molecular formula is C16H16N2. The third-order valence-electron chi connectivity index (χ3n) is 3.25. The van der Waals surface area contributed by atoms with E-state index in [-0.39, 0.29) is 0 Å². The van der Waals surface area contributed by atoms with Crippen molar-refractivity contribution in [3.8, 4) is 11.4 Å². The molecule has 0 aliphatic rings. The highest BCUT2D eigenvalue weighted by Crippen LogP contribution is 2.25. The zero-order chi connectivity index (χ0) is 12.5. The molecule has 0 atom stereocenters. The molecule has 0 unspecified atom stereocenters. The highest BCUT2D eigenvalue weighted by Gasteiger charge is 2.06. The minimum atomic E-state index is 0.558. The van der Waals surface area contributed by atoms with Crippen molar-refractivity contribution in [3.05, 3.63) is 54.2 Å². The Morgan fingerprint density at radius 1 is 1.06 bits per heavy atom. The SMILES string of the molecule is CC(C)c1ccc2[nH]c(-c3ccccn3)cc2c1. The molecule has 3 aromatic rings. The number of aromatic amines is 1. The summed E-state index contributed by atoms with van der Waals surface area (Å²) in [6.07, 6.45) is 1.82. The highest BCUT2D eigenvalue weighted by molar-refractivity contribution is 5.85. The second-order valence-electron chi connectivity index (χ2n) is 4.90. The van der Waals surface area contributed by atoms with Crippen LogP contribution in [0.3, 0.4) is 0 Å². The summed E-state index contributed by atoms with van der Waals surface area (Å²) in [6.45, 7) is 4.43. The monoisotopic (exact) mass is 236 g/mol. The molecule has 0 bridgehead atoms. The second-order valence-corrected chi connectivity index (χ2v) is 4.90. The average molecular weight is 236 g/mol. The summed E-state index contributed by atoms with van der Waals surface area (Å²) >= 11 is 0. The Kier molecular flexibility index (Phi) is 2.63. The first-order valence-corrected chi connectivity index (χ1v) is 6.28. The van der Waals surface area contributed by atoms with Gasteiger partial charge in [0.2, 0.25) is 0 Å². The molecule has 2 aromatic heterocycles. The summed E-state index contributed by atoms with van der Waals surface area (Å²) in [5, 5.41) is 1.25. The number of H-pyrrole nitrogens is 1. The van der Waals surface area contributed by atoms with Crippen molar-refractivity contribution >= 4 is 10.9 Å². The Morgan fingerprint density at radius 2 is 1.94 bits per heavy atom. The van der Waals surface area contributed by atoms with E-state index in [1.807, 2.05) is 24.4 Å². The van der Waals surface area contributed by atoms with Gasteiger partial charge in [-0.3, -0.25) is 4.98 Å². The molecule has 0 aliphatic carbocycles. The number of rotatable bonds is 2. The lowest BCUT2D eigenvalue weighted by molar-refractivity contribution is 0.869. The van der Waals surface area contributed by atoms with Crippen molar-refractivity contribution in [1.29, 1.82) is 0 Å². The lowest BCUT2D eigenvalue weighted by atomic mass is 10.0. The fourth-order valence-corrected chi connectivity index (χ4v) is 2.17. The molecule has 0 aliphatic heterocycles. The van der Waals surface area contributed by atoms with E-state index in [0.717, 1.165) is 11.4 Å². The molecule has 18 heavy (non-hydrogen) atoms. The molecular weight excluding hydrogens is 220 g/mol. The van der Waals surface area contributed by atoms with Gasteiger partial charge in [-0.1, -0.05) is 26.0 Å². The molecule has 1 N–H and O–H groups in total. The molecule has 0 saturated carbocycles. The van der Waals surface area contributed by atoms with Gasteiger partial charge in [-0.25, -0.2) is 0 Å². The van der Waals surface area contributed by atoms with Crippen LogP contribution in [0.1, 0.15) is 25.3 Å².